The number of carbonyl (C=O) groups excluding carboxylic acids is 2. The number of carbonyl (C=O) groups is 2. The molecule has 0 spiro atoms. The van der Waals surface area contributed by atoms with Crippen LogP contribution in [0.25, 0.3) is 16.6 Å². The van der Waals surface area contributed by atoms with E-state index in [1.54, 1.807) is 25.4 Å². The Kier molecular flexibility index (Phi) is 5.68. The molecule has 5 nitrogen and oxygen atoms in total. The van der Waals surface area contributed by atoms with Crippen LogP contribution in [-0.2, 0) is 9.53 Å². The lowest BCUT2D eigenvalue weighted by molar-refractivity contribution is -0.143. The maximum atomic E-state index is 12.7. The van der Waals surface area contributed by atoms with Crippen LogP contribution >= 0.6 is 11.6 Å². The third-order valence-corrected chi connectivity index (χ3v) is 4.32. The predicted octanol–water partition coefficient (Wildman–Crippen LogP) is 4.60. The van der Waals surface area contributed by atoms with Crippen molar-refractivity contribution in [3.8, 4) is 5.69 Å². The highest BCUT2D eigenvalue weighted by Gasteiger charge is 2.17. The summed E-state index contributed by atoms with van der Waals surface area (Å²) in [7, 11) is 0. The molecule has 26 heavy (non-hydrogen) atoms. The smallest absolute Gasteiger partial charge is 0.305 e. The van der Waals surface area contributed by atoms with Crippen molar-refractivity contribution in [2.24, 2.45) is 0 Å². The monoisotopic (exact) mass is 370 g/mol. The van der Waals surface area contributed by atoms with Crippen LogP contribution in [0.15, 0.2) is 48.9 Å². The van der Waals surface area contributed by atoms with Crippen LogP contribution in [0.2, 0.25) is 5.02 Å². The number of Topliss-reactive ketones (excluding diaryl/α,β-unsaturated/α-hetero) is 1. The van der Waals surface area contributed by atoms with Crippen LogP contribution < -0.4 is 0 Å². The number of ether oxygens (including phenoxy) is 1. The minimum absolute atomic E-state index is 0.00994. The molecule has 0 N–H and O–H groups in total. The van der Waals surface area contributed by atoms with Crippen molar-refractivity contribution in [3.05, 3.63) is 59.5 Å². The molecule has 0 saturated heterocycles. The molecule has 0 atom stereocenters. The van der Waals surface area contributed by atoms with Crippen LogP contribution in [0, 0.1) is 0 Å². The minimum Gasteiger partial charge on any atom is -0.466 e. The van der Waals surface area contributed by atoms with E-state index in [0.717, 1.165) is 16.6 Å². The first-order valence-electron chi connectivity index (χ1n) is 8.50. The van der Waals surface area contributed by atoms with Gasteiger partial charge in [0.2, 0.25) is 0 Å². The van der Waals surface area contributed by atoms with Crippen LogP contribution in [0.1, 0.15) is 36.5 Å². The fraction of sp³-hybridized carbons (Fsp3) is 0.250. The summed E-state index contributed by atoms with van der Waals surface area (Å²) >= 11 is 6.15. The van der Waals surface area contributed by atoms with E-state index in [-0.39, 0.29) is 24.6 Å². The Morgan fingerprint density at radius 3 is 2.81 bits per heavy atom. The zero-order chi connectivity index (χ0) is 18.5. The fourth-order valence-corrected chi connectivity index (χ4v) is 3.06. The summed E-state index contributed by atoms with van der Waals surface area (Å²) in [6, 6.07) is 9.21. The lowest BCUT2D eigenvalue weighted by atomic mass is 10.0. The minimum atomic E-state index is -0.273. The largest absolute Gasteiger partial charge is 0.466 e. The fourth-order valence-electron chi connectivity index (χ4n) is 2.89. The molecule has 2 aromatic heterocycles. The zero-order valence-electron chi connectivity index (χ0n) is 14.4. The molecule has 1 aromatic carbocycles. The van der Waals surface area contributed by atoms with E-state index in [2.05, 4.69) is 4.98 Å². The number of ketones is 1. The number of halogens is 1. The van der Waals surface area contributed by atoms with Gasteiger partial charge in [0.25, 0.3) is 0 Å². The first-order valence-corrected chi connectivity index (χ1v) is 8.87. The molecule has 0 aliphatic rings. The number of fused-ring (bicyclic) bond motifs is 1. The maximum absolute atomic E-state index is 12.7. The quantitative estimate of drug-likeness (QED) is 0.450. The summed E-state index contributed by atoms with van der Waals surface area (Å²) in [5.41, 5.74) is 2.31. The van der Waals surface area contributed by atoms with Crippen LogP contribution in [0.5, 0.6) is 0 Å². The first kappa shape index (κ1) is 18.1. The van der Waals surface area contributed by atoms with Gasteiger partial charge in [0.15, 0.2) is 5.78 Å². The molecule has 0 fully saturated rings. The topological polar surface area (TPSA) is 61.2 Å². The number of hydrogen-bond donors (Lipinski definition) is 0. The first-order chi connectivity index (χ1) is 12.6. The molecule has 0 saturated carbocycles. The number of aromatic nitrogens is 2. The Morgan fingerprint density at radius 1 is 1.23 bits per heavy atom. The lowest BCUT2D eigenvalue weighted by Crippen LogP contribution is -2.05. The second kappa shape index (κ2) is 8.15. The lowest BCUT2D eigenvalue weighted by Gasteiger charge is -2.04. The van der Waals surface area contributed by atoms with Gasteiger partial charge in [0, 0.05) is 41.2 Å². The molecule has 0 radical (unpaired) electrons. The Hall–Kier alpha value is -2.66. The van der Waals surface area contributed by atoms with Crippen LogP contribution in [0.4, 0.5) is 0 Å². The Balaban J connectivity index is 1.89. The molecule has 0 bridgehead atoms. The molecule has 0 unspecified atom stereocenters. The van der Waals surface area contributed by atoms with E-state index in [1.165, 1.54) is 0 Å². The van der Waals surface area contributed by atoms with Gasteiger partial charge >= 0.3 is 5.97 Å². The molecule has 6 heteroatoms. The second-order valence-corrected chi connectivity index (χ2v) is 6.30. The van der Waals surface area contributed by atoms with E-state index in [0.29, 0.717) is 23.6 Å². The molecule has 2 heterocycles. The third kappa shape index (κ3) is 3.94. The van der Waals surface area contributed by atoms with Gasteiger partial charge in [0.05, 0.1) is 24.0 Å². The summed E-state index contributed by atoms with van der Waals surface area (Å²) < 4.78 is 6.81. The molecule has 3 aromatic rings. The second-order valence-electron chi connectivity index (χ2n) is 5.87. The predicted molar refractivity (Wildman–Crippen MR) is 101 cm³/mol. The van der Waals surface area contributed by atoms with Gasteiger partial charge < -0.3 is 9.30 Å². The Bertz CT molecular complexity index is 935. The van der Waals surface area contributed by atoms with Gasteiger partial charge in [-0.1, -0.05) is 17.7 Å². The van der Waals surface area contributed by atoms with Crippen molar-refractivity contribution in [2.45, 2.75) is 26.2 Å². The maximum Gasteiger partial charge on any atom is 0.305 e. The van der Waals surface area contributed by atoms with Crippen molar-refractivity contribution in [1.82, 2.24) is 9.55 Å². The van der Waals surface area contributed by atoms with E-state index in [1.807, 2.05) is 35.0 Å². The van der Waals surface area contributed by atoms with Crippen molar-refractivity contribution >= 4 is 34.3 Å². The van der Waals surface area contributed by atoms with Crippen molar-refractivity contribution < 1.29 is 14.3 Å². The Labute approximate surface area is 156 Å². The SMILES string of the molecule is CCOC(=O)CCCC(=O)c1cn(-c2cccnc2)c2cc(Cl)ccc12. The van der Waals surface area contributed by atoms with E-state index < -0.39 is 0 Å². The zero-order valence-corrected chi connectivity index (χ0v) is 15.2. The molecule has 0 aliphatic heterocycles. The highest BCUT2D eigenvalue weighted by molar-refractivity contribution is 6.31. The summed E-state index contributed by atoms with van der Waals surface area (Å²) in [6.07, 6.45) is 6.23. The number of hydrogen-bond acceptors (Lipinski definition) is 4. The van der Waals surface area contributed by atoms with Gasteiger partial charge in [-0.05, 0) is 37.6 Å². The molecule has 134 valence electrons. The third-order valence-electron chi connectivity index (χ3n) is 4.08. The number of esters is 1. The van der Waals surface area contributed by atoms with Crippen molar-refractivity contribution in [1.29, 1.82) is 0 Å². The van der Waals surface area contributed by atoms with Gasteiger partial charge in [-0.25, -0.2) is 0 Å². The molecular weight excluding hydrogens is 352 g/mol. The number of benzene rings is 1. The number of rotatable bonds is 7. The molecular formula is C20H19ClN2O3. The molecule has 3 rings (SSSR count). The van der Waals surface area contributed by atoms with Gasteiger partial charge in [0.1, 0.15) is 0 Å². The number of pyridine rings is 1. The summed E-state index contributed by atoms with van der Waals surface area (Å²) in [4.78, 5) is 28.3. The summed E-state index contributed by atoms with van der Waals surface area (Å²) in [5, 5.41) is 1.43. The number of nitrogens with zero attached hydrogens (tertiary/aromatic N) is 2. The van der Waals surface area contributed by atoms with E-state index in [4.69, 9.17) is 16.3 Å². The van der Waals surface area contributed by atoms with Gasteiger partial charge in [-0.2, -0.15) is 0 Å². The highest BCUT2D eigenvalue weighted by atomic mass is 35.5. The normalized spacial score (nSPS) is 10.8. The average molecular weight is 371 g/mol. The average Bonchev–Trinajstić information content (AvgIpc) is 3.01. The van der Waals surface area contributed by atoms with E-state index in [9.17, 15) is 9.59 Å². The molecule has 0 aliphatic carbocycles. The standard InChI is InChI=1S/C20H19ClN2O3/c1-2-26-20(25)7-3-6-19(24)17-13-23(15-5-4-10-22-12-15)18-11-14(21)8-9-16(17)18/h4-5,8-13H,2-3,6-7H2,1H3. The summed E-state index contributed by atoms with van der Waals surface area (Å²) in [6.45, 7) is 2.12. The van der Waals surface area contributed by atoms with E-state index >= 15 is 0 Å². The van der Waals surface area contributed by atoms with Gasteiger partial charge in [-0.15, -0.1) is 0 Å². The van der Waals surface area contributed by atoms with Crippen LogP contribution in [0.3, 0.4) is 0 Å². The Morgan fingerprint density at radius 2 is 2.08 bits per heavy atom. The van der Waals surface area contributed by atoms with Crippen molar-refractivity contribution in [3.63, 3.8) is 0 Å². The van der Waals surface area contributed by atoms with Crippen LogP contribution in [-0.4, -0.2) is 27.9 Å². The highest BCUT2D eigenvalue weighted by Crippen LogP contribution is 2.28. The molecule has 0 amide bonds. The van der Waals surface area contributed by atoms with Gasteiger partial charge in [-0.3, -0.25) is 14.6 Å². The van der Waals surface area contributed by atoms with Crippen molar-refractivity contribution in [2.75, 3.05) is 6.61 Å². The summed E-state index contributed by atoms with van der Waals surface area (Å²) in [5.74, 6) is -0.283.